The minimum Gasteiger partial charge on any atom is -0.350 e. The molecule has 0 fully saturated rings. The van der Waals surface area contributed by atoms with Gasteiger partial charge in [-0.15, -0.1) is 0 Å². The van der Waals surface area contributed by atoms with Crippen molar-refractivity contribution in [3.05, 3.63) is 65.2 Å². The van der Waals surface area contributed by atoms with Gasteiger partial charge in [0.2, 0.25) is 5.91 Å². The smallest absolute Gasteiger partial charge is 0.242 e. The van der Waals surface area contributed by atoms with E-state index in [1.165, 1.54) is 0 Å². The number of aryl methyl sites for hydroxylation is 2. The summed E-state index contributed by atoms with van der Waals surface area (Å²) in [5.74, 6) is -0.0620. The monoisotopic (exact) mass is 323 g/mol. The maximum absolute atomic E-state index is 12.1. The Kier molecular flexibility index (Phi) is 4.46. The quantitative estimate of drug-likeness (QED) is 0.783. The van der Waals surface area contributed by atoms with E-state index in [9.17, 15) is 4.79 Å². The second kappa shape index (κ2) is 6.70. The molecule has 0 atom stereocenters. The van der Waals surface area contributed by atoms with Gasteiger partial charge in [0.25, 0.3) is 0 Å². The van der Waals surface area contributed by atoms with Crippen molar-refractivity contribution in [2.75, 3.05) is 0 Å². The zero-order chi connectivity index (χ0) is 17.1. The van der Waals surface area contributed by atoms with Crippen LogP contribution in [0.3, 0.4) is 0 Å². The van der Waals surface area contributed by atoms with Gasteiger partial charge in [-0.25, -0.2) is 4.68 Å². The van der Waals surface area contributed by atoms with E-state index >= 15 is 0 Å². The highest BCUT2D eigenvalue weighted by Crippen LogP contribution is 2.17. The second-order valence-electron chi connectivity index (χ2n) is 5.80. The van der Waals surface area contributed by atoms with Crippen LogP contribution in [0.2, 0.25) is 0 Å². The third kappa shape index (κ3) is 3.22. The lowest BCUT2D eigenvalue weighted by Gasteiger charge is -2.08. The maximum Gasteiger partial charge on any atom is 0.242 e. The number of amides is 1. The van der Waals surface area contributed by atoms with Crippen LogP contribution >= 0.6 is 0 Å². The molecule has 0 aliphatic rings. The second-order valence-corrected chi connectivity index (χ2v) is 5.80. The van der Waals surface area contributed by atoms with Crippen LogP contribution in [0.15, 0.2) is 42.6 Å². The average molecular weight is 323 g/mol. The Hall–Kier alpha value is -2.89. The van der Waals surface area contributed by atoms with Crippen molar-refractivity contribution in [3.8, 4) is 5.69 Å². The van der Waals surface area contributed by atoms with E-state index in [2.05, 4.69) is 15.5 Å². The number of benzene rings is 1. The standard InChI is InChI=1S/C18H21N5O/c1-13-9-10-20-22(13)12-18(24)19-11-17-14(2)21-23(15(17)3)16-7-5-4-6-8-16/h4-10H,11-12H2,1-3H3,(H,19,24). The summed E-state index contributed by atoms with van der Waals surface area (Å²) in [5.41, 5.74) is 4.99. The third-order valence-electron chi connectivity index (χ3n) is 4.13. The van der Waals surface area contributed by atoms with E-state index in [0.717, 1.165) is 28.3 Å². The first-order valence-corrected chi connectivity index (χ1v) is 7.92. The summed E-state index contributed by atoms with van der Waals surface area (Å²) in [7, 11) is 0. The molecule has 2 aromatic heterocycles. The van der Waals surface area contributed by atoms with Gasteiger partial charge in [-0.05, 0) is 39.0 Å². The van der Waals surface area contributed by atoms with Gasteiger partial charge in [0.05, 0.1) is 11.4 Å². The Morgan fingerprint density at radius 3 is 2.54 bits per heavy atom. The predicted molar refractivity (Wildman–Crippen MR) is 91.8 cm³/mol. The lowest BCUT2D eigenvalue weighted by molar-refractivity contribution is -0.122. The molecule has 24 heavy (non-hydrogen) atoms. The summed E-state index contributed by atoms with van der Waals surface area (Å²) in [6.07, 6.45) is 1.70. The van der Waals surface area contributed by atoms with Crippen molar-refractivity contribution in [2.45, 2.75) is 33.9 Å². The van der Waals surface area contributed by atoms with Gasteiger partial charge in [-0.3, -0.25) is 9.48 Å². The number of rotatable bonds is 5. The fraction of sp³-hybridized carbons (Fsp3) is 0.278. The first kappa shape index (κ1) is 16.0. The molecule has 1 N–H and O–H groups in total. The van der Waals surface area contributed by atoms with E-state index in [4.69, 9.17) is 0 Å². The van der Waals surface area contributed by atoms with Crippen molar-refractivity contribution in [1.82, 2.24) is 24.9 Å². The summed E-state index contributed by atoms with van der Waals surface area (Å²) < 4.78 is 3.59. The van der Waals surface area contributed by atoms with E-state index in [0.29, 0.717) is 6.54 Å². The van der Waals surface area contributed by atoms with Gasteiger partial charge >= 0.3 is 0 Å². The molecule has 0 aliphatic heterocycles. The minimum absolute atomic E-state index is 0.0620. The molecule has 0 radical (unpaired) electrons. The lowest BCUT2D eigenvalue weighted by Crippen LogP contribution is -2.28. The van der Waals surface area contributed by atoms with Gasteiger partial charge in [-0.1, -0.05) is 18.2 Å². The van der Waals surface area contributed by atoms with Gasteiger partial charge in [0.15, 0.2) is 0 Å². The van der Waals surface area contributed by atoms with Crippen molar-refractivity contribution in [2.24, 2.45) is 0 Å². The highest BCUT2D eigenvalue weighted by atomic mass is 16.2. The highest BCUT2D eigenvalue weighted by molar-refractivity contribution is 5.75. The molecule has 0 saturated heterocycles. The third-order valence-corrected chi connectivity index (χ3v) is 4.13. The SMILES string of the molecule is Cc1nn(-c2ccccc2)c(C)c1CNC(=O)Cn1nccc1C. The molecular weight excluding hydrogens is 302 g/mol. The van der Waals surface area contributed by atoms with E-state index in [1.54, 1.807) is 10.9 Å². The molecule has 0 aliphatic carbocycles. The Labute approximate surface area is 141 Å². The number of nitrogens with zero attached hydrogens (tertiary/aromatic N) is 4. The molecule has 3 rings (SSSR count). The molecule has 124 valence electrons. The number of carbonyl (C=O) groups is 1. The average Bonchev–Trinajstić information content (AvgIpc) is 3.10. The van der Waals surface area contributed by atoms with E-state index in [1.807, 2.05) is 61.9 Å². The zero-order valence-corrected chi connectivity index (χ0v) is 14.2. The van der Waals surface area contributed by atoms with Crippen LogP contribution in [0.1, 0.15) is 22.6 Å². The van der Waals surface area contributed by atoms with Gasteiger partial charge in [0.1, 0.15) is 6.54 Å². The summed E-state index contributed by atoms with van der Waals surface area (Å²) in [5, 5.41) is 11.7. The molecule has 0 spiro atoms. The topological polar surface area (TPSA) is 64.7 Å². The van der Waals surface area contributed by atoms with Crippen LogP contribution in [0.5, 0.6) is 0 Å². The Bertz CT molecular complexity index is 848. The van der Waals surface area contributed by atoms with Crippen LogP contribution in [0.4, 0.5) is 0 Å². The molecule has 2 heterocycles. The molecule has 0 unspecified atom stereocenters. The fourth-order valence-corrected chi connectivity index (χ4v) is 2.69. The van der Waals surface area contributed by atoms with Crippen molar-refractivity contribution in [1.29, 1.82) is 0 Å². The zero-order valence-electron chi connectivity index (χ0n) is 14.2. The maximum atomic E-state index is 12.1. The van der Waals surface area contributed by atoms with E-state index < -0.39 is 0 Å². The Morgan fingerprint density at radius 1 is 1.12 bits per heavy atom. The van der Waals surface area contributed by atoms with Crippen LogP contribution in [0, 0.1) is 20.8 Å². The molecule has 1 aromatic carbocycles. The van der Waals surface area contributed by atoms with Crippen molar-refractivity contribution in [3.63, 3.8) is 0 Å². The van der Waals surface area contributed by atoms with Crippen molar-refractivity contribution < 1.29 is 4.79 Å². The number of nitrogens with one attached hydrogen (secondary N) is 1. The van der Waals surface area contributed by atoms with Crippen LogP contribution in [0.25, 0.3) is 5.69 Å². The van der Waals surface area contributed by atoms with Gasteiger partial charge < -0.3 is 5.32 Å². The molecular formula is C18H21N5O. The van der Waals surface area contributed by atoms with Gasteiger partial charge in [0, 0.05) is 29.7 Å². The Balaban J connectivity index is 1.71. The Morgan fingerprint density at radius 2 is 1.88 bits per heavy atom. The van der Waals surface area contributed by atoms with Gasteiger partial charge in [-0.2, -0.15) is 10.2 Å². The number of hydrogen-bond donors (Lipinski definition) is 1. The van der Waals surface area contributed by atoms with Crippen LogP contribution < -0.4 is 5.32 Å². The number of para-hydroxylation sites is 1. The molecule has 6 heteroatoms. The summed E-state index contributed by atoms with van der Waals surface area (Å²) >= 11 is 0. The number of carbonyl (C=O) groups excluding carboxylic acids is 1. The van der Waals surface area contributed by atoms with Crippen LogP contribution in [-0.4, -0.2) is 25.5 Å². The molecule has 1 amide bonds. The summed E-state index contributed by atoms with van der Waals surface area (Å²) in [6.45, 7) is 6.60. The predicted octanol–water partition coefficient (Wildman–Crippen LogP) is 2.31. The molecule has 3 aromatic rings. The fourth-order valence-electron chi connectivity index (χ4n) is 2.69. The summed E-state index contributed by atoms with van der Waals surface area (Å²) in [6, 6.07) is 11.9. The lowest BCUT2D eigenvalue weighted by atomic mass is 10.2. The van der Waals surface area contributed by atoms with Crippen LogP contribution in [-0.2, 0) is 17.9 Å². The van der Waals surface area contributed by atoms with E-state index in [-0.39, 0.29) is 12.5 Å². The first-order valence-electron chi connectivity index (χ1n) is 7.92. The first-order chi connectivity index (χ1) is 11.6. The molecule has 0 saturated carbocycles. The normalized spacial score (nSPS) is 10.8. The molecule has 0 bridgehead atoms. The summed E-state index contributed by atoms with van der Waals surface area (Å²) in [4.78, 5) is 12.1. The highest BCUT2D eigenvalue weighted by Gasteiger charge is 2.14. The molecule has 6 nitrogen and oxygen atoms in total. The largest absolute Gasteiger partial charge is 0.350 e. The van der Waals surface area contributed by atoms with Crippen molar-refractivity contribution >= 4 is 5.91 Å². The number of hydrogen-bond acceptors (Lipinski definition) is 3. The minimum atomic E-state index is -0.0620. The number of aromatic nitrogens is 4.